The average Bonchev–Trinajstić information content (AvgIpc) is 3.43. The van der Waals surface area contributed by atoms with Crippen LogP contribution in [0, 0.1) is 0 Å². The number of carbonyl (C=O) groups is 2. The monoisotopic (exact) mass is 540 g/mol. The van der Waals surface area contributed by atoms with Crippen molar-refractivity contribution in [3.63, 3.8) is 0 Å². The summed E-state index contributed by atoms with van der Waals surface area (Å²) in [5.74, 6) is 0.354. The van der Waals surface area contributed by atoms with Crippen LogP contribution >= 0.6 is 0 Å². The predicted octanol–water partition coefficient (Wildman–Crippen LogP) is 4.18. The topological polar surface area (TPSA) is 128 Å². The van der Waals surface area contributed by atoms with Crippen LogP contribution in [-0.2, 0) is 16.5 Å². The molecule has 0 aromatic carbocycles. The number of aryl methyl sites for hydroxylation is 1. The minimum atomic E-state index is -0.663. The lowest BCUT2D eigenvalue weighted by Crippen LogP contribution is -2.51. The first-order chi connectivity index (χ1) is 18.2. The van der Waals surface area contributed by atoms with Gasteiger partial charge in [-0.25, -0.2) is 14.6 Å². The Kier molecular flexibility index (Phi) is 7.87. The molecule has 1 fully saturated rings. The third kappa shape index (κ3) is 6.86. The van der Waals surface area contributed by atoms with Gasteiger partial charge in [0, 0.05) is 55.5 Å². The average molecular weight is 541 g/mol. The first-order valence-corrected chi connectivity index (χ1v) is 13.3. The lowest BCUT2D eigenvalue weighted by atomic mass is 9.90. The molecule has 0 radical (unpaired) electrons. The normalized spacial score (nSPS) is 18.3. The number of likely N-dealkylation sites (N-methyl/N-ethyl adjacent to an activating group) is 1. The number of ether oxygens (including phenoxy) is 2. The number of hydrogen-bond donors (Lipinski definition) is 2. The van der Waals surface area contributed by atoms with E-state index in [4.69, 9.17) is 14.5 Å². The fourth-order valence-electron chi connectivity index (χ4n) is 4.71. The van der Waals surface area contributed by atoms with Crippen LogP contribution in [0.5, 0.6) is 0 Å². The van der Waals surface area contributed by atoms with Crippen molar-refractivity contribution in [1.29, 1.82) is 0 Å². The molecule has 4 heterocycles. The van der Waals surface area contributed by atoms with Gasteiger partial charge in [0.1, 0.15) is 17.0 Å². The highest BCUT2D eigenvalue weighted by Gasteiger charge is 2.35. The van der Waals surface area contributed by atoms with E-state index in [9.17, 15) is 9.59 Å². The van der Waals surface area contributed by atoms with Crippen LogP contribution in [0.4, 0.5) is 15.4 Å². The molecule has 0 aliphatic carbocycles. The Balaban J connectivity index is 1.74. The highest BCUT2D eigenvalue weighted by Crippen LogP contribution is 2.33. The first kappa shape index (κ1) is 28.3. The van der Waals surface area contributed by atoms with Crippen LogP contribution in [0.1, 0.15) is 66.0 Å². The second-order valence-corrected chi connectivity index (χ2v) is 12.0. The summed E-state index contributed by atoms with van der Waals surface area (Å²) in [5, 5.41) is 14.8. The molecular formula is C27H40N8O4. The van der Waals surface area contributed by atoms with Gasteiger partial charge < -0.3 is 19.7 Å². The fourth-order valence-corrected chi connectivity index (χ4v) is 4.71. The van der Waals surface area contributed by atoms with Gasteiger partial charge in [-0.15, -0.1) is 0 Å². The number of hydrogen-bond acceptors (Lipinski definition) is 8. The summed E-state index contributed by atoms with van der Waals surface area (Å²) < 4.78 is 14.5. The lowest BCUT2D eigenvalue weighted by Gasteiger charge is -2.40. The predicted molar refractivity (Wildman–Crippen MR) is 148 cm³/mol. The number of nitrogens with zero attached hydrogens (tertiary/aromatic N) is 6. The highest BCUT2D eigenvalue weighted by molar-refractivity contribution is 5.86. The van der Waals surface area contributed by atoms with Crippen LogP contribution in [0.15, 0.2) is 24.7 Å². The molecule has 1 aliphatic heterocycles. The lowest BCUT2D eigenvalue weighted by molar-refractivity contribution is 0.00755. The van der Waals surface area contributed by atoms with E-state index in [2.05, 4.69) is 20.8 Å². The van der Waals surface area contributed by atoms with Crippen LogP contribution in [-0.4, -0.2) is 78.8 Å². The van der Waals surface area contributed by atoms with Gasteiger partial charge in [-0.3, -0.25) is 10.00 Å². The highest BCUT2D eigenvalue weighted by atomic mass is 16.6. The molecule has 1 aliphatic rings. The van der Waals surface area contributed by atoms with Crippen LogP contribution in [0.3, 0.4) is 0 Å². The van der Waals surface area contributed by atoms with Crippen molar-refractivity contribution in [3.8, 4) is 11.1 Å². The van der Waals surface area contributed by atoms with Gasteiger partial charge in [-0.1, -0.05) is 0 Å². The third-order valence-electron chi connectivity index (χ3n) is 6.33. The van der Waals surface area contributed by atoms with E-state index >= 15 is 0 Å². The zero-order valence-electron chi connectivity index (χ0n) is 24.1. The van der Waals surface area contributed by atoms with Crippen molar-refractivity contribution in [2.24, 2.45) is 7.05 Å². The number of amides is 2. The van der Waals surface area contributed by atoms with Crippen molar-refractivity contribution >= 4 is 23.7 Å². The Morgan fingerprint density at radius 1 is 1.05 bits per heavy atom. The number of aromatic nitrogens is 5. The summed E-state index contributed by atoms with van der Waals surface area (Å²) in [4.78, 5) is 32.7. The molecule has 0 spiro atoms. The summed E-state index contributed by atoms with van der Waals surface area (Å²) in [6.45, 7) is 12.1. The first-order valence-electron chi connectivity index (χ1n) is 13.3. The number of anilines is 1. The number of likely N-dealkylation sites (tertiary alicyclic amines) is 1. The Morgan fingerprint density at radius 3 is 2.38 bits per heavy atom. The van der Waals surface area contributed by atoms with E-state index in [1.54, 1.807) is 26.5 Å². The molecule has 0 bridgehead atoms. The van der Waals surface area contributed by atoms with Gasteiger partial charge in [-0.2, -0.15) is 14.7 Å². The van der Waals surface area contributed by atoms with E-state index in [0.717, 1.165) is 29.7 Å². The maximum absolute atomic E-state index is 13.2. The second-order valence-electron chi connectivity index (χ2n) is 12.0. The summed E-state index contributed by atoms with van der Waals surface area (Å²) in [6, 6.07) is 1.82. The molecule has 12 heteroatoms. The van der Waals surface area contributed by atoms with Crippen LogP contribution < -0.4 is 10.6 Å². The van der Waals surface area contributed by atoms with Gasteiger partial charge in [-0.05, 0) is 61.4 Å². The summed E-state index contributed by atoms with van der Waals surface area (Å²) in [7, 11) is 3.72. The van der Waals surface area contributed by atoms with Crippen molar-refractivity contribution in [2.75, 3.05) is 25.5 Å². The number of nitrogens with one attached hydrogen (secondary N) is 2. The minimum absolute atomic E-state index is 0.00473. The maximum atomic E-state index is 13.2. The van der Waals surface area contributed by atoms with Crippen molar-refractivity contribution in [2.45, 2.75) is 77.5 Å². The van der Waals surface area contributed by atoms with E-state index < -0.39 is 17.3 Å². The van der Waals surface area contributed by atoms with E-state index in [1.807, 2.05) is 67.9 Å². The Morgan fingerprint density at radius 2 is 1.77 bits per heavy atom. The quantitative estimate of drug-likeness (QED) is 0.493. The van der Waals surface area contributed by atoms with Gasteiger partial charge in [0.05, 0.1) is 18.1 Å². The Bertz CT molecular complexity index is 1330. The molecule has 2 unspecified atom stereocenters. The molecule has 212 valence electrons. The molecule has 12 nitrogen and oxygen atoms in total. The number of fused-ring (bicyclic) bond motifs is 1. The van der Waals surface area contributed by atoms with E-state index in [-0.39, 0.29) is 18.1 Å². The number of rotatable bonds is 5. The molecule has 2 N–H and O–H groups in total. The SMILES string of the molecule is CNCC1CCC(c2cc(NC(=O)OC(C)(C)C)n3ncc(-c4cnn(C)c4)c3n2)CN1C(=O)OC(C)(C)C. The van der Waals surface area contributed by atoms with E-state index in [0.29, 0.717) is 24.6 Å². The second kappa shape index (κ2) is 10.8. The molecular weight excluding hydrogens is 500 g/mol. The molecule has 0 saturated carbocycles. The van der Waals surface area contributed by atoms with Gasteiger partial charge in [0.2, 0.25) is 0 Å². The summed E-state index contributed by atoms with van der Waals surface area (Å²) >= 11 is 0. The Hall–Kier alpha value is -3.67. The van der Waals surface area contributed by atoms with Gasteiger partial charge >= 0.3 is 12.2 Å². The molecule has 3 aromatic rings. The standard InChI is InChI=1S/C27H40N8O4/c1-26(2,3)38-24(36)32-22-11-21(31-23-20(14-30-35(22)23)18-12-29-33(8)15-18)17-9-10-19(13-28-7)34(16-17)25(37)39-27(4,5)6/h11-12,14-15,17,19,28H,9-10,13,16H2,1-8H3,(H,32,36). The van der Waals surface area contributed by atoms with Crippen molar-refractivity contribution in [1.82, 2.24) is 34.6 Å². The number of piperidine rings is 1. The molecule has 1 saturated heterocycles. The van der Waals surface area contributed by atoms with Crippen LogP contribution in [0.25, 0.3) is 16.8 Å². The molecule has 3 aromatic heterocycles. The largest absolute Gasteiger partial charge is 0.444 e. The minimum Gasteiger partial charge on any atom is -0.444 e. The fraction of sp³-hybridized carbons (Fsp3) is 0.593. The zero-order valence-corrected chi connectivity index (χ0v) is 24.1. The smallest absolute Gasteiger partial charge is 0.413 e. The third-order valence-corrected chi connectivity index (χ3v) is 6.33. The van der Waals surface area contributed by atoms with Crippen molar-refractivity contribution in [3.05, 3.63) is 30.4 Å². The maximum Gasteiger partial charge on any atom is 0.413 e. The molecule has 2 atom stereocenters. The molecule has 4 rings (SSSR count). The van der Waals surface area contributed by atoms with Gasteiger partial charge in [0.15, 0.2) is 5.65 Å². The molecule has 39 heavy (non-hydrogen) atoms. The zero-order chi connectivity index (χ0) is 28.5. The van der Waals surface area contributed by atoms with Gasteiger partial charge in [0.25, 0.3) is 0 Å². The summed E-state index contributed by atoms with van der Waals surface area (Å²) in [5.41, 5.74) is 1.69. The summed E-state index contributed by atoms with van der Waals surface area (Å²) in [6.07, 6.45) is 6.01. The molecule has 2 amide bonds. The van der Waals surface area contributed by atoms with E-state index in [1.165, 1.54) is 0 Å². The van der Waals surface area contributed by atoms with Crippen LogP contribution in [0.2, 0.25) is 0 Å². The Labute approximate surface area is 229 Å². The number of carbonyl (C=O) groups excluding carboxylic acids is 2. The van der Waals surface area contributed by atoms with Crippen molar-refractivity contribution < 1.29 is 19.1 Å².